The molecule has 1 aromatic heterocycles. The first-order chi connectivity index (χ1) is 11.1. The van der Waals surface area contributed by atoms with Gasteiger partial charge in [-0.1, -0.05) is 6.92 Å². The Morgan fingerprint density at radius 1 is 1.30 bits per heavy atom. The third-order valence-electron chi connectivity index (χ3n) is 5.63. The highest BCUT2D eigenvalue weighted by molar-refractivity contribution is 5.98. The van der Waals surface area contributed by atoms with E-state index in [0.29, 0.717) is 5.91 Å². The van der Waals surface area contributed by atoms with Crippen LogP contribution in [-0.4, -0.2) is 36.0 Å². The predicted molar refractivity (Wildman–Crippen MR) is 90.7 cm³/mol. The van der Waals surface area contributed by atoms with Crippen molar-refractivity contribution < 1.29 is 9.53 Å². The molecule has 0 radical (unpaired) electrons. The number of fused-ring (bicyclic) bond motifs is 1. The van der Waals surface area contributed by atoms with Crippen molar-refractivity contribution in [2.45, 2.75) is 38.0 Å². The molecular formula is C19H24N2O2. The first kappa shape index (κ1) is 14.6. The zero-order valence-electron chi connectivity index (χ0n) is 13.9. The van der Waals surface area contributed by atoms with E-state index in [1.54, 1.807) is 7.11 Å². The van der Waals surface area contributed by atoms with Crippen LogP contribution in [0.4, 0.5) is 0 Å². The molecule has 1 saturated heterocycles. The van der Waals surface area contributed by atoms with Crippen LogP contribution >= 0.6 is 0 Å². The summed E-state index contributed by atoms with van der Waals surface area (Å²) >= 11 is 0. The number of ether oxygens (including phenoxy) is 1. The number of aromatic amines is 1. The molecule has 0 unspecified atom stereocenters. The normalized spacial score (nSPS) is 20.7. The molecule has 1 aliphatic heterocycles. The van der Waals surface area contributed by atoms with Crippen LogP contribution in [0.15, 0.2) is 24.4 Å². The number of hydrogen-bond donors (Lipinski definition) is 1. The lowest BCUT2D eigenvalue weighted by atomic mass is 9.91. The zero-order valence-corrected chi connectivity index (χ0v) is 13.9. The number of nitrogens with zero attached hydrogens (tertiary/aromatic N) is 1. The summed E-state index contributed by atoms with van der Waals surface area (Å²) in [6.45, 7) is 4.10. The fraction of sp³-hybridized carbons (Fsp3) is 0.526. The molecule has 2 aliphatic rings. The smallest absolute Gasteiger partial charge is 0.233 e. The van der Waals surface area contributed by atoms with E-state index in [4.69, 9.17) is 4.74 Å². The molecule has 0 bridgehead atoms. The van der Waals surface area contributed by atoms with Crippen molar-refractivity contribution in [1.29, 1.82) is 0 Å². The van der Waals surface area contributed by atoms with E-state index in [0.717, 1.165) is 66.9 Å². The van der Waals surface area contributed by atoms with Crippen LogP contribution in [0.1, 0.15) is 38.2 Å². The van der Waals surface area contributed by atoms with E-state index in [1.807, 2.05) is 24.4 Å². The Morgan fingerprint density at radius 3 is 2.70 bits per heavy atom. The number of nitrogens with one attached hydrogen (secondary N) is 1. The van der Waals surface area contributed by atoms with Gasteiger partial charge in [-0.3, -0.25) is 4.79 Å². The lowest BCUT2D eigenvalue weighted by molar-refractivity contribution is -0.135. The minimum atomic E-state index is -0.300. The van der Waals surface area contributed by atoms with Crippen molar-refractivity contribution in [3.63, 3.8) is 0 Å². The Hall–Kier alpha value is -1.97. The van der Waals surface area contributed by atoms with Gasteiger partial charge in [-0.2, -0.15) is 0 Å². The van der Waals surface area contributed by atoms with Crippen LogP contribution in [0.25, 0.3) is 10.9 Å². The summed E-state index contributed by atoms with van der Waals surface area (Å²) in [5, 5.41) is 1.13. The third-order valence-corrected chi connectivity index (χ3v) is 5.63. The predicted octanol–water partition coefficient (Wildman–Crippen LogP) is 3.47. The van der Waals surface area contributed by atoms with E-state index >= 15 is 0 Å². The summed E-state index contributed by atoms with van der Waals surface area (Å²) in [6, 6.07) is 6.03. The fourth-order valence-electron chi connectivity index (χ4n) is 3.86. The molecule has 1 saturated carbocycles. The average molecular weight is 312 g/mol. The van der Waals surface area contributed by atoms with Crippen molar-refractivity contribution >= 4 is 16.8 Å². The highest BCUT2D eigenvalue weighted by atomic mass is 16.5. The van der Waals surface area contributed by atoms with Crippen LogP contribution in [0.3, 0.4) is 0 Å². The Bertz CT molecular complexity index is 737. The van der Waals surface area contributed by atoms with Crippen LogP contribution < -0.4 is 4.74 Å². The number of benzene rings is 1. The largest absolute Gasteiger partial charge is 0.497 e. The first-order valence-corrected chi connectivity index (χ1v) is 8.59. The lowest BCUT2D eigenvalue weighted by Gasteiger charge is -2.33. The molecule has 1 aliphatic carbocycles. The van der Waals surface area contributed by atoms with Crippen molar-refractivity contribution in [3.05, 3.63) is 30.0 Å². The van der Waals surface area contributed by atoms with Gasteiger partial charge in [-0.25, -0.2) is 0 Å². The Balaban J connectivity index is 1.68. The monoisotopic (exact) mass is 312 g/mol. The molecule has 2 heterocycles. The number of piperidine rings is 1. The summed E-state index contributed by atoms with van der Waals surface area (Å²) in [5.41, 5.74) is 1.92. The van der Waals surface area contributed by atoms with Gasteiger partial charge in [0.05, 0.1) is 12.5 Å². The van der Waals surface area contributed by atoms with Gasteiger partial charge in [0.1, 0.15) is 5.75 Å². The molecule has 2 aromatic rings. The Labute approximate surface area is 136 Å². The topological polar surface area (TPSA) is 45.3 Å². The van der Waals surface area contributed by atoms with Gasteiger partial charge in [0.25, 0.3) is 0 Å². The third kappa shape index (κ3) is 2.32. The molecule has 4 nitrogen and oxygen atoms in total. The van der Waals surface area contributed by atoms with E-state index in [-0.39, 0.29) is 5.41 Å². The van der Waals surface area contributed by atoms with Crippen LogP contribution in [0, 0.1) is 5.92 Å². The van der Waals surface area contributed by atoms with E-state index in [1.165, 1.54) is 0 Å². The van der Waals surface area contributed by atoms with Crippen molar-refractivity contribution in [3.8, 4) is 5.75 Å². The summed E-state index contributed by atoms with van der Waals surface area (Å²) in [4.78, 5) is 18.6. The molecule has 122 valence electrons. The molecule has 4 rings (SSSR count). The van der Waals surface area contributed by atoms with Gasteiger partial charge in [0, 0.05) is 30.2 Å². The van der Waals surface area contributed by atoms with Crippen LogP contribution in [0.2, 0.25) is 0 Å². The first-order valence-electron chi connectivity index (χ1n) is 8.59. The number of hydrogen-bond acceptors (Lipinski definition) is 2. The number of carbonyl (C=O) groups excluding carboxylic acids is 1. The minimum Gasteiger partial charge on any atom is -0.497 e. The van der Waals surface area contributed by atoms with Gasteiger partial charge in [0.2, 0.25) is 5.91 Å². The van der Waals surface area contributed by atoms with Gasteiger partial charge in [-0.15, -0.1) is 0 Å². The molecular weight excluding hydrogens is 288 g/mol. The van der Waals surface area contributed by atoms with Gasteiger partial charge in [-0.05, 0) is 55.4 Å². The zero-order chi connectivity index (χ0) is 16.0. The standard InChI is InChI=1S/C19H24N2O2/c1-13-5-9-21(10-6-13)18(22)19(7-8-19)16-12-20-17-4-3-14(23-2)11-15(16)17/h3-4,11-13,20H,5-10H2,1-2H3. The van der Waals surface area contributed by atoms with Gasteiger partial charge >= 0.3 is 0 Å². The Kier molecular flexibility index (Phi) is 3.36. The fourth-order valence-corrected chi connectivity index (χ4v) is 3.86. The second kappa shape index (κ2) is 5.29. The van der Waals surface area contributed by atoms with Crippen LogP contribution in [0.5, 0.6) is 5.75 Å². The maximum atomic E-state index is 13.2. The van der Waals surface area contributed by atoms with Crippen molar-refractivity contribution in [2.24, 2.45) is 5.92 Å². The van der Waals surface area contributed by atoms with Crippen LogP contribution in [-0.2, 0) is 10.2 Å². The quantitative estimate of drug-likeness (QED) is 0.943. The summed E-state index contributed by atoms with van der Waals surface area (Å²) < 4.78 is 5.36. The average Bonchev–Trinajstić information content (AvgIpc) is 3.27. The number of aromatic nitrogens is 1. The second-order valence-electron chi connectivity index (χ2n) is 7.17. The molecule has 0 spiro atoms. The molecule has 1 aromatic carbocycles. The molecule has 23 heavy (non-hydrogen) atoms. The van der Waals surface area contributed by atoms with E-state index in [9.17, 15) is 4.79 Å². The van der Waals surface area contributed by atoms with Gasteiger partial charge < -0.3 is 14.6 Å². The Morgan fingerprint density at radius 2 is 2.04 bits per heavy atom. The molecule has 2 fully saturated rings. The summed E-state index contributed by atoms with van der Waals surface area (Å²) in [7, 11) is 1.68. The number of H-pyrrole nitrogens is 1. The maximum Gasteiger partial charge on any atom is 0.233 e. The van der Waals surface area contributed by atoms with Crippen molar-refractivity contribution in [1.82, 2.24) is 9.88 Å². The highest BCUT2D eigenvalue weighted by Gasteiger charge is 2.54. The number of methoxy groups -OCH3 is 1. The van der Waals surface area contributed by atoms with Gasteiger partial charge in [0.15, 0.2) is 0 Å². The van der Waals surface area contributed by atoms with E-state index in [2.05, 4.69) is 16.8 Å². The number of rotatable bonds is 3. The van der Waals surface area contributed by atoms with Crippen molar-refractivity contribution in [2.75, 3.05) is 20.2 Å². The number of amides is 1. The minimum absolute atomic E-state index is 0.300. The highest BCUT2D eigenvalue weighted by Crippen LogP contribution is 2.52. The molecule has 4 heteroatoms. The molecule has 1 amide bonds. The SMILES string of the molecule is COc1ccc2[nH]cc(C3(C(=O)N4CCC(C)CC4)CC3)c2c1. The maximum absolute atomic E-state index is 13.2. The summed E-state index contributed by atoms with van der Waals surface area (Å²) in [6.07, 6.45) is 6.21. The number of carbonyl (C=O) groups is 1. The second-order valence-corrected chi connectivity index (χ2v) is 7.17. The molecule has 1 N–H and O–H groups in total. The van der Waals surface area contributed by atoms with E-state index < -0.39 is 0 Å². The summed E-state index contributed by atoms with van der Waals surface area (Å²) in [5.74, 6) is 1.91. The molecule has 0 atom stereocenters. The number of likely N-dealkylation sites (tertiary alicyclic amines) is 1. The lowest BCUT2D eigenvalue weighted by Crippen LogP contribution is -2.43.